The van der Waals surface area contributed by atoms with Crippen molar-refractivity contribution < 1.29 is 4.79 Å². The fourth-order valence-corrected chi connectivity index (χ4v) is 3.95. The van der Waals surface area contributed by atoms with Gasteiger partial charge in [0.05, 0.1) is 6.04 Å². The highest BCUT2D eigenvalue weighted by molar-refractivity contribution is 7.98. The molecular weight excluding hydrogens is 354 g/mol. The van der Waals surface area contributed by atoms with Crippen molar-refractivity contribution in [3.05, 3.63) is 65.9 Å². The number of thioether (sulfide) groups is 1. The summed E-state index contributed by atoms with van der Waals surface area (Å²) in [6.07, 6.45) is 6.75. The van der Waals surface area contributed by atoms with E-state index >= 15 is 0 Å². The number of nitrogens with two attached hydrogens (primary N) is 1. The van der Waals surface area contributed by atoms with Gasteiger partial charge in [0.1, 0.15) is 0 Å². The molecule has 0 radical (unpaired) electrons. The molecule has 2 aromatic carbocycles. The zero-order chi connectivity index (χ0) is 18.8. The van der Waals surface area contributed by atoms with Crippen LogP contribution in [0.3, 0.4) is 0 Å². The number of benzene rings is 2. The Morgan fingerprint density at radius 2 is 1.96 bits per heavy atom. The Morgan fingerprint density at radius 1 is 1.22 bits per heavy atom. The topological polar surface area (TPSA) is 62.1 Å². The molecule has 4 nitrogen and oxygen atoms in total. The summed E-state index contributed by atoms with van der Waals surface area (Å²) in [5, 5.41) is 1.14. The molecule has 1 amide bonds. The zero-order valence-corrected chi connectivity index (χ0v) is 16.3. The van der Waals surface area contributed by atoms with E-state index in [2.05, 4.69) is 41.6 Å². The minimum atomic E-state index is -0.518. The average Bonchev–Trinajstić information content (AvgIpc) is 3.47. The third kappa shape index (κ3) is 4.04. The number of nitrogens with one attached hydrogen (secondary N) is 1. The summed E-state index contributed by atoms with van der Waals surface area (Å²) in [5.41, 5.74) is 9.70. The minimum absolute atomic E-state index is 0.0525. The molecular formula is C22H25N3OS. The molecule has 0 aliphatic heterocycles. The largest absolute Gasteiger partial charge is 0.361 e. The first kappa shape index (κ1) is 18.1. The molecule has 3 N–H and O–H groups in total. The van der Waals surface area contributed by atoms with Crippen LogP contribution in [0.25, 0.3) is 10.9 Å². The SMILES string of the molecule is CSc1ccc(CN(C(=O)[C@@H](N)Cc2c[nH]c3ccccc23)C2CC2)cc1. The normalized spacial score (nSPS) is 15.0. The van der Waals surface area contributed by atoms with Gasteiger partial charge in [0, 0.05) is 34.6 Å². The number of carbonyl (C=O) groups is 1. The molecule has 1 heterocycles. The van der Waals surface area contributed by atoms with E-state index in [4.69, 9.17) is 5.73 Å². The Bertz CT molecular complexity index is 930. The number of aromatic amines is 1. The summed E-state index contributed by atoms with van der Waals surface area (Å²) in [6, 6.07) is 16.4. The number of para-hydroxylation sites is 1. The number of rotatable bonds is 7. The first-order valence-electron chi connectivity index (χ1n) is 9.39. The first-order chi connectivity index (χ1) is 13.2. The van der Waals surface area contributed by atoms with Gasteiger partial charge in [-0.2, -0.15) is 0 Å². The number of hydrogen-bond donors (Lipinski definition) is 2. The van der Waals surface area contributed by atoms with E-state index < -0.39 is 6.04 Å². The van der Waals surface area contributed by atoms with E-state index in [0.717, 1.165) is 34.9 Å². The molecule has 1 saturated carbocycles. The smallest absolute Gasteiger partial charge is 0.240 e. The predicted molar refractivity (Wildman–Crippen MR) is 112 cm³/mol. The van der Waals surface area contributed by atoms with Gasteiger partial charge in [-0.05, 0) is 54.8 Å². The number of aromatic nitrogens is 1. The highest BCUT2D eigenvalue weighted by Crippen LogP contribution is 2.30. The minimum Gasteiger partial charge on any atom is -0.361 e. The maximum absolute atomic E-state index is 13.1. The molecule has 5 heteroatoms. The maximum Gasteiger partial charge on any atom is 0.240 e. The van der Waals surface area contributed by atoms with Gasteiger partial charge in [-0.3, -0.25) is 4.79 Å². The predicted octanol–water partition coefficient (Wildman–Crippen LogP) is 3.95. The molecule has 1 aliphatic rings. The van der Waals surface area contributed by atoms with E-state index in [0.29, 0.717) is 19.0 Å². The van der Waals surface area contributed by atoms with Crippen molar-refractivity contribution in [1.82, 2.24) is 9.88 Å². The van der Waals surface area contributed by atoms with Gasteiger partial charge in [-0.15, -0.1) is 11.8 Å². The number of amides is 1. The van der Waals surface area contributed by atoms with Crippen LogP contribution in [0.1, 0.15) is 24.0 Å². The van der Waals surface area contributed by atoms with Crippen molar-refractivity contribution in [1.29, 1.82) is 0 Å². The number of carbonyl (C=O) groups excluding carboxylic acids is 1. The molecule has 0 saturated heterocycles. The van der Waals surface area contributed by atoms with Crippen LogP contribution < -0.4 is 5.73 Å². The Hall–Kier alpha value is -2.24. The van der Waals surface area contributed by atoms with Gasteiger partial charge >= 0.3 is 0 Å². The number of hydrogen-bond acceptors (Lipinski definition) is 3. The molecule has 0 bridgehead atoms. The van der Waals surface area contributed by atoms with Crippen LogP contribution in [0.15, 0.2) is 59.6 Å². The molecule has 0 unspecified atom stereocenters. The van der Waals surface area contributed by atoms with Crippen molar-refractivity contribution in [3.8, 4) is 0 Å². The van der Waals surface area contributed by atoms with Crippen LogP contribution in [0.2, 0.25) is 0 Å². The lowest BCUT2D eigenvalue weighted by atomic mass is 10.0. The van der Waals surface area contributed by atoms with Gasteiger partial charge in [0.2, 0.25) is 5.91 Å². The van der Waals surface area contributed by atoms with Crippen LogP contribution in [-0.2, 0) is 17.8 Å². The van der Waals surface area contributed by atoms with Crippen LogP contribution in [0.5, 0.6) is 0 Å². The fourth-order valence-electron chi connectivity index (χ4n) is 3.54. The monoisotopic (exact) mass is 379 g/mol. The second kappa shape index (κ2) is 7.79. The maximum atomic E-state index is 13.1. The van der Waals surface area contributed by atoms with Crippen LogP contribution in [0.4, 0.5) is 0 Å². The van der Waals surface area contributed by atoms with Crippen LogP contribution in [0, 0.1) is 0 Å². The van der Waals surface area contributed by atoms with Crippen molar-refractivity contribution in [2.75, 3.05) is 6.26 Å². The zero-order valence-electron chi connectivity index (χ0n) is 15.5. The van der Waals surface area contributed by atoms with Crippen LogP contribution >= 0.6 is 11.8 Å². The molecule has 4 rings (SSSR count). The highest BCUT2D eigenvalue weighted by atomic mass is 32.2. The summed E-state index contributed by atoms with van der Waals surface area (Å²) in [5.74, 6) is 0.0525. The molecule has 1 atom stereocenters. The van der Waals surface area contributed by atoms with E-state index in [-0.39, 0.29) is 5.91 Å². The second-order valence-electron chi connectivity index (χ2n) is 7.22. The third-order valence-corrected chi connectivity index (χ3v) is 5.96. The van der Waals surface area contributed by atoms with Crippen LogP contribution in [-0.4, -0.2) is 34.1 Å². The summed E-state index contributed by atoms with van der Waals surface area (Å²) < 4.78 is 0. The Kier molecular flexibility index (Phi) is 5.23. The average molecular weight is 380 g/mol. The van der Waals surface area contributed by atoms with Crippen molar-refractivity contribution >= 4 is 28.6 Å². The Labute approximate surface area is 164 Å². The summed E-state index contributed by atoms with van der Waals surface area (Å²) in [7, 11) is 0. The number of fused-ring (bicyclic) bond motifs is 1. The fraction of sp³-hybridized carbons (Fsp3) is 0.318. The van der Waals surface area contributed by atoms with Gasteiger partial charge in [-0.1, -0.05) is 30.3 Å². The lowest BCUT2D eigenvalue weighted by Crippen LogP contribution is -2.45. The van der Waals surface area contributed by atoms with Gasteiger partial charge in [0.15, 0.2) is 0 Å². The first-order valence-corrected chi connectivity index (χ1v) is 10.6. The Morgan fingerprint density at radius 3 is 2.67 bits per heavy atom. The highest BCUT2D eigenvalue weighted by Gasteiger charge is 2.34. The van der Waals surface area contributed by atoms with Crippen molar-refractivity contribution in [2.45, 2.75) is 42.8 Å². The lowest BCUT2D eigenvalue weighted by molar-refractivity contribution is -0.133. The molecule has 1 aromatic heterocycles. The van der Waals surface area contributed by atoms with Crippen molar-refractivity contribution in [2.24, 2.45) is 5.73 Å². The van der Waals surface area contributed by atoms with Gasteiger partial charge in [0.25, 0.3) is 0 Å². The summed E-state index contributed by atoms with van der Waals surface area (Å²) >= 11 is 1.73. The number of nitrogens with zero attached hydrogens (tertiary/aromatic N) is 1. The summed E-state index contributed by atoms with van der Waals surface area (Å²) in [4.78, 5) is 19.6. The Balaban J connectivity index is 1.47. The molecule has 3 aromatic rings. The molecule has 140 valence electrons. The third-order valence-electron chi connectivity index (χ3n) is 5.21. The standard InChI is InChI=1S/C22H25N3OS/c1-27-18-10-6-15(7-11-18)14-25(17-8-9-17)22(26)20(23)12-16-13-24-21-5-3-2-4-19(16)21/h2-7,10-11,13,17,20,24H,8-9,12,14,23H2,1H3/t20-/m0/s1. The van der Waals surface area contributed by atoms with E-state index in [1.165, 1.54) is 4.90 Å². The quantitative estimate of drug-likeness (QED) is 0.611. The number of H-pyrrole nitrogens is 1. The molecule has 1 fully saturated rings. The summed E-state index contributed by atoms with van der Waals surface area (Å²) in [6.45, 7) is 0.639. The van der Waals surface area contributed by atoms with Gasteiger partial charge in [-0.25, -0.2) is 0 Å². The van der Waals surface area contributed by atoms with E-state index in [1.807, 2.05) is 29.3 Å². The molecule has 1 aliphatic carbocycles. The van der Waals surface area contributed by atoms with E-state index in [9.17, 15) is 4.79 Å². The molecule has 0 spiro atoms. The molecule has 27 heavy (non-hydrogen) atoms. The van der Waals surface area contributed by atoms with E-state index in [1.54, 1.807) is 11.8 Å². The lowest BCUT2D eigenvalue weighted by Gasteiger charge is -2.26. The second-order valence-corrected chi connectivity index (χ2v) is 8.10. The van der Waals surface area contributed by atoms with Gasteiger partial charge < -0.3 is 15.6 Å². The van der Waals surface area contributed by atoms with Crippen molar-refractivity contribution in [3.63, 3.8) is 0 Å².